The van der Waals surface area contributed by atoms with Gasteiger partial charge in [-0.3, -0.25) is 9.59 Å². The Morgan fingerprint density at radius 1 is 0.655 bits per heavy atom. The zero-order valence-electron chi connectivity index (χ0n) is 18.8. The maximum atomic E-state index is 12.9. The molecule has 0 aliphatic rings. The highest BCUT2D eigenvalue weighted by molar-refractivity contribution is 5.96. The van der Waals surface area contributed by atoms with Gasteiger partial charge in [-0.05, 0) is 63.8 Å². The molecular weight excluding hydrogens is 364 g/mol. The number of carbonyl (C=O) groups excluding carboxylic acids is 2. The first kappa shape index (κ1) is 22.6. The minimum atomic E-state index is -0.212. The second-order valence-electron chi connectivity index (χ2n) is 7.66. The van der Waals surface area contributed by atoms with Crippen LogP contribution in [-0.2, 0) is 14.5 Å². The van der Waals surface area contributed by atoms with Gasteiger partial charge in [-0.2, -0.15) is 10.1 Å². The van der Waals surface area contributed by atoms with Gasteiger partial charge in [0, 0.05) is 12.8 Å². The van der Waals surface area contributed by atoms with Crippen molar-refractivity contribution < 1.29 is 14.5 Å². The molecule has 0 bridgehead atoms. The van der Waals surface area contributed by atoms with Gasteiger partial charge in [-0.1, -0.05) is 49.2 Å². The molecule has 0 radical (unpaired) electrons. The Hall–Kier alpha value is -2.66. The van der Waals surface area contributed by atoms with Crippen LogP contribution in [0.2, 0.25) is 0 Å². The molecule has 0 N–H and O–H groups in total. The number of hydrogen-bond donors (Lipinski definition) is 0. The first-order valence-corrected chi connectivity index (χ1v) is 10.1. The van der Waals surface area contributed by atoms with E-state index in [-0.39, 0.29) is 24.7 Å². The molecule has 0 saturated carbocycles. The van der Waals surface area contributed by atoms with Crippen molar-refractivity contribution in [3.63, 3.8) is 0 Å². The minimum absolute atomic E-state index is 0.212. The van der Waals surface area contributed by atoms with Crippen molar-refractivity contribution >= 4 is 23.2 Å². The molecule has 0 atom stereocenters. The number of hydroxylamine groups is 2. The maximum absolute atomic E-state index is 12.9. The summed E-state index contributed by atoms with van der Waals surface area (Å²) in [5.74, 6) is -0.423. The molecule has 2 amide bonds. The van der Waals surface area contributed by atoms with Gasteiger partial charge in [-0.15, -0.1) is 4.94 Å². The third-order valence-electron chi connectivity index (χ3n) is 4.90. The summed E-state index contributed by atoms with van der Waals surface area (Å²) in [6.07, 6.45) is 0.513. The number of carbonyl (C=O) groups is 2. The van der Waals surface area contributed by atoms with Gasteiger partial charge in [0.15, 0.2) is 0 Å². The van der Waals surface area contributed by atoms with Crippen LogP contribution in [0.15, 0.2) is 24.3 Å². The molecule has 0 aromatic heterocycles. The van der Waals surface area contributed by atoms with Gasteiger partial charge < -0.3 is 0 Å². The Balaban J connectivity index is 2.63. The predicted octanol–water partition coefficient (Wildman–Crippen LogP) is 5.57. The van der Waals surface area contributed by atoms with E-state index in [1.165, 1.54) is 10.1 Å². The molecule has 0 unspecified atom stereocenters. The van der Waals surface area contributed by atoms with Crippen molar-refractivity contribution in [2.45, 2.75) is 68.2 Å². The SMILES string of the molecule is CCC(=O)N(ON(C(=O)CC)c1c(C)cc(C)cc1C)c1c(C)cc(C)cc1C. The number of hydrogen-bond acceptors (Lipinski definition) is 3. The maximum Gasteiger partial charge on any atom is 0.252 e. The number of amides is 2. The van der Waals surface area contributed by atoms with Crippen molar-refractivity contribution in [1.29, 1.82) is 0 Å². The van der Waals surface area contributed by atoms with Crippen LogP contribution in [0.4, 0.5) is 11.4 Å². The Bertz CT molecular complexity index is 812. The van der Waals surface area contributed by atoms with Crippen LogP contribution in [0, 0.1) is 41.5 Å². The van der Waals surface area contributed by atoms with E-state index in [9.17, 15) is 9.59 Å². The Kier molecular flexibility index (Phi) is 7.20. The lowest BCUT2D eigenvalue weighted by atomic mass is 10.0. The molecule has 2 aromatic carbocycles. The van der Waals surface area contributed by atoms with E-state index in [1.807, 2.05) is 65.8 Å². The van der Waals surface area contributed by atoms with E-state index in [1.54, 1.807) is 13.8 Å². The quantitative estimate of drug-likeness (QED) is 0.600. The molecule has 5 heteroatoms. The monoisotopic (exact) mass is 396 g/mol. The summed E-state index contributed by atoms with van der Waals surface area (Å²) in [5.41, 5.74) is 7.27. The van der Waals surface area contributed by atoms with E-state index in [0.29, 0.717) is 11.4 Å². The normalized spacial score (nSPS) is 10.8. The van der Waals surface area contributed by atoms with Crippen molar-refractivity contribution in [1.82, 2.24) is 0 Å². The smallest absolute Gasteiger partial charge is 0.252 e. The molecular formula is C24H32N2O3. The number of anilines is 2. The lowest BCUT2D eigenvalue weighted by molar-refractivity contribution is -0.133. The fourth-order valence-corrected chi connectivity index (χ4v) is 3.78. The molecule has 29 heavy (non-hydrogen) atoms. The van der Waals surface area contributed by atoms with Gasteiger partial charge in [-0.25, -0.2) is 0 Å². The van der Waals surface area contributed by atoms with E-state index in [0.717, 1.165) is 33.4 Å². The van der Waals surface area contributed by atoms with Gasteiger partial charge in [0.1, 0.15) is 0 Å². The van der Waals surface area contributed by atoms with Crippen LogP contribution >= 0.6 is 0 Å². The average molecular weight is 397 g/mol. The van der Waals surface area contributed by atoms with Crippen molar-refractivity contribution in [3.05, 3.63) is 57.6 Å². The molecule has 2 aromatic rings. The Morgan fingerprint density at radius 2 is 0.931 bits per heavy atom. The van der Waals surface area contributed by atoms with E-state index in [4.69, 9.17) is 4.94 Å². The van der Waals surface area contributed by atoms with Crippen LogP contribution in [0.5, 0.6) is 0 Å². The summed E-state index contributed by atoms with van der Waals surface area (Å²) >= 11 is 0. The van der Waals surface area contributed by atoms with Gasteiger partial charge in [0.25, 0.3) is 11.8 Å². The number of benzene rings is 2. The summed E-state index contributed by atoms with van der Waals surface area (Å²) in [4.78, 5) is 31.8. The summed E-state index contributed by atoms with van der Waals surface area (Å²) < 4.78 is 0. The second kappa shape index (κ2) is 9.23. The molecule has 5 nitrogen and oxygen atoms in total. The van der Waals surface area contributed by atoms with Crippen LogP contribution in [0.25, 0.3) is 0 Å². The highest BCUT2D eigenvalue weighted by atomic mass is 16.8. The summed E-state index contributed by atoms with van der Waals surface area (Å²) in [6, 6.07) is 8.04. The zero-order valence-corrected chi connectivity index (χ0v) is 18.8. The highest BCUT2D eigenvalue weighted by Crippen LogP contribution is 2.32. The Morgan fingerprint density at radius 3 is 1.17 bits per heavy atom. The summed E-state index contributed by atoms with van der Waals surface area (Å²) in [5, 5.41) is 2.55. The fourth-order valence-electron chi connectivity index (χ4n) is 3.78. The number of rotatable bonds is 6. The molecule has 156 valence electrons. The first-order valence-electron chi connectivity index (χ1n) is 10.1. The lowest BCUT2D eigenvalue weighted by Gasteiger charge is -2.32. The third kappa shape index (κ3) is 4.85. The standard InChI is InChI=1S/C24H32N2O3/c1-9-21(27)25(23-17(5)11-15(3)12-18(23)6)29-26(22(28)10-2)24-19(7)13-16(4)14-20(24)8/h11-14H,9-10H2,1-8H3. The van der Waals surface area contributed by atoms with Gasteiger partial charge in [0.2, 0.25) is 0 Å². The van der Waals surface area contributed by atoms with Crippen LogP contribution in [-0.4, -0.2) is 11.8 Å². The van der Waals surface area contributed by atoms with Crippen LogP contribution in [0.3, 0.4) is 0 Å². The molecule has 0 fully saturated rings. The molecule has 0 spiro atoms. The van der Waals surface area contributed by atoms with Gasteiger partial charge in [0.05, 0.1) is 11.4 Å². The summed E-state index contributed by atoms with van der Waals surface area (Å²) in [6.45, 7) is 15.4. The van der Waals surface area contributed by atoms with Crippen molar-refractivity contribution in [3.8, 4) is 0 Å². The van der Waals surface area contributed by atoms with Crippen molar-refractivity contribution in [2.75, 3.05) is 10.1 Å². The zero-order chi connectivity index (χ0) is 21.9. The number of nitrogens with zero attached hydrogens (tertiary/aromatic N) is 2. The van der Waals surface area contributed by atoms with Crippen molar-refractivity contribution in [2.24, 2.45) is 0 Å². The molecule has 0 heterocycles. The fraction of sp³-hybridized carbons (Fsp3) is 0.417. The average Bonchev–Trinajstić information content (AvgIpc) is 2.63. The van der Waals surface area contributed by atoms with Crippen LogP contribution in [0.1, 0.15) is 60.1 Å². The second-order valence-corrected chi connectivity index (χ2v) is 7.66. The molecule has 0 saturated heterocycles. The Labute approximate surface area is 174 Å². The van der Waals surface area contributed by atoms with E-state index in [2.05, 4.69) is 0 Å². The molecule has 0 aliphatic carbocycles. The topological polar surface area (TPSA) is 49.9 Å². The summed E-state index contributed by atoms with van der Waals surface area (Å²) in [7, 11) is 0. The van der Waals surface area contributed by atoms with E-state index < -0.39 is 0 Å². The molecule has 0 aliphatic heterocycles. The van der Waals surface area contributed by atoms with Gasteiger partial charge >= 0.3 is 0 Å². The first-order chi connectivity index (χ1) is 13.6. The van der Waals surface area contributed by atoms with Crippen LogP contribution < -0.4 is 10.1 Å². The predicted molar refractivity (Wildman–Crippen MR) is 118 cm³/mol. The van der Waals surface area contributed by atoms with E-state index >= 15 is 0 Å². The minimum Gasteiger partial charge on any atom is -0.272 e. The number of aryl methyl sites for hydroxylation is 6. The highest BCUT2D eigenvalue weighted by Gasteiger charge is 2.28. The third-order valence-corrected chi connectivity index (χ3v) is 4.90. The lowest BCUT2D eigenvalue weighted by Crippen LogP contribution is -2.43. The molecule has 2 rings (SSSR count). The largest absolute Gasteiger partial charge is 0.272 e.